The number of allylic oxidation sites excluding steroid dienone is 2. The van der Waals surface area contributed by atoms with Crippen molar-refractivity contribution in [2.45, 2.75) is 51.6 Å². The van der Waals surface area contributed by atoms with Crippen LogP contribution in [0.4, 0.5) is 11.9 Å². The topological polar surface area (TPSA) is 209 Å². The molecule has 6 rings (SSSR count). The predicted octanol–water partition coefficient (Wildman–Crippen LogP) is 3.03. The summed E-state index contributed by atoms with van der Waals surface area (Å²) >= 11 is 0. The maximum absolute atomic E-state index is 12.9. The number of benzene rings is 2. The third-order valence-corrected chi connectivity index (χ3v) is 8.58. The van der Waals surface area contributed by atoms with Gasteiger partial charge in [0.15, 0.2) is 0 Å². The van der Waals surface area contributed by atoms with Crippen LogP contribution in [0.15, 0.2) is 36.4 Å². The quantitative estimate of drug-likeness (QED) is 0.158. The molecular weight excluding hydrogens is 580 g/mol. The predicted molar refractivity (Wildman–Crippen MR) is 166 cm³/mol. The van der Waals surface area contributed by atoms with E-state index in [1.165, 1.54) is 25.3 Å². The molecule has 0 radical (unpaired) electrons. The van der Waals surface area contributed by atoms with Crippen molar-refractivity contribution in [1.29, 1.82) is 0 Å². The number of amides is 4. The van der Waals surface area contributed by atoms with Gasteiger partial charge in [-0.3, -0.25) is 29.8 Å². The van der Waals surface area contributed by atoms with Gasteiger partial charge < -0.3 is 30.4 Å². The van der Waals surface area contributed by atoms with Crippen molar-refractivity contribution in [3.63, 3.8) is 0 Å². The van der Waals surface area contributed by atoms with Gasteiger partial charge in [0.25, 0.3) is 0 Å². The zero-order chi connectivity index (χ0) is 31.8. The van der Waals surface area contributed by atoms with Crippen molar-refractivity contribution >= 4 is 57.6 Å². The van der Waals surface area contributed by atoms with E-state index in [1.54, 1.807) is 15.2 Å². The monoisotopic (exact) mass is 614 g/mol. The second-order valence-corrected chi connectivity index (χ2v) is 11.4. The number of nitrogens with one attached hydrogen (secondary N) is 2. The number of nitrogens with zero attached hydrogens (tertiary/aromatic N) is 4. The van der Waals surface area contributed by atoms with Crippen molar-refractivity contribution in [2.24, 2.45) is 23.3 Å². The molecular formula is C31H34N8O6. The number of anilines is 2. The van der Waals surface area contributed by atoms with Gasteiger partial charge in [0.05, 0.1) is 18.1 Å². The number of hydrogen-bond acceptors (Lipinski definition) is 8. The number of rotatable bonds is 11. The number of nitrogens with two attached hydrogens (primary N) is 2. The Labute approximate surface area is 257 Å². The second-order valence-electron chi connectivity index (χ2n) is 11.4. The first-order chi connectivity index (χ1) is 21.6. The number of aromatic hydroxyl groups is 1. The molecule has 4 aromatic rings. The van der Waals surface area contributed by atoms with Gasteiger partial charge in [0.2, 0.25) is 35.5 Å². The first kappa shape index (κ1) is 29.7. The fourth-order valence-corrected chi connectivity index (χ4v) is 5.59. The summed E-state index contributed by atoms with van der Waals surface area (Å²) in [4.78, 5) is 58.5. The SMILES string of the molecule is COc1cc(C(N)=O)cc2nc(NC(=O)C3CCC3)n(C/C=C/Cn3c(NC(=O)C4CCC4)nc4cc(C(N)=O)cc(O)c43)c12. The van der Waals surface area contributed by atoms with Crippen LogP contribution in [0, 0.1) is 11.8 Å². The number of carbonyl (C=O) groups is 4. The van der Waals surface area contributed by atoms with Crippen LogP contribution in [0.2, 0.25) is 0 Å². The first-order valence-electron chi connectivity index (χ1n) is 14.8. The van der Waals surface area contributed by atoms with Crippen LogP contribution in [-0.2, 0) is 22.7 Å². The van der Waals surface area contributed by atoms with Crippen molar-refractivity contribution < 1.29 is 29.0 Å². The Hall–Kier alpha value is -5.40. The van der Waals surface area contributed by atoms with Crippen molar-refractivity contribution in [1.82, 2.24) is 19.1 Å². The summed E-state index contributed by atoms with van der Waals surface area (Å²) in [5.74, 6) is -1.13. The smallest absolute Gasteiger partial charge is 0.248 e. The highest BCUT2D eigenvalue weighted by molar-refractivity contribution is 6.01. The molecule has 2 aliphatic carbocycles. The number of imidazole rings is 2. The van der Waals surface area contributed by atoms with Gasteiger partial charge in [-0.15, -0.1) is 0 Å². The van der Waals surface area contributed by atoms with Crippen LogP contribution >= 0.6 is 0 Å². The van der Waals surface area contributed by atoms with Crippen molar-refractivity contribution in [3.05, 3.63) is 47.5 Å². The zero-order valence-corrected chi connectivity index (χ0v) is 24.7. The second kappa shape index (κ2) is 11.9. The van der Waals surface area contributed by atoms with E-state index in [4.69, 9.17) is 16.2 Å². The molecule has 0 atom stereocenters. The van der Waals surface area contributed by atoms with E-state index < -0.39 is 11.8 Å². The van der Waals surface area contributed by atoms with Gasteiger partial charge in [0, 0.05) is 36.1 Å². The maximum atomic E-state index is 12.9. The van der Waals surface area contributed by atoms with Gasteiger partial charge in [-0.1, -0.05) is 25.0 Å². The zero-order valence-electron chi connectivity index (χ0n) is 24.7. The van der Waals surface area contributed by atoms with Crippen LogP contribution in [0.3, 0.4) is 0 Å². The van der Waals surface area contributed by atoms with E-state index in [-0.39, 0.29) is 59.6 Å². The molecule has 2 aromatic heterocycles. The molecule has 0 unspecified atom stereocenters. The van der Waals surface area contributed by atoms with Gasteiger partial charge >= 0.3 is 0 Å². The molecule has 14 nitrogen and oxygen atoms in total. The highest BCUT2D eigenvalue weighted by Gasteiger charge is 2.28. The summed E-state index contributed by atoms with van der Waals surface area (Å²) in [6.45, 7) is 0.441. The van der Waals surface area contributed by atoms with Crippen LogP contribution in [0.1, 0.15) is 59.2 Å². The fraction of sp³-hybridized carbons (Fsp3) is 0.355. The molecule has 2 aromatic carbocycles. The summed E-state index contributed by atoms with van der Waals surface area (Å²) in [7, 11) is 1.47. The van der Waals surface area contributed by atoms with E-state index in [9.17, 15) is 24.3 Å². The number of fused-ring (bicyclic) bond motifs is 2. The minimum atomic E-state index is -0.715. The van der Waals surface area contributed by atoms with Gasteiger partial charge in [-0.05, 0) is 49.9 Å². The molecule has 45 heavy (non-hydrogen) atoms. The van der Waals surface area contributed by atoms with E-state index in [2.05, 4.69) is 20.6 Å². The van der Waals surface area contributed by atoms with Crippen LogP contribution in [0.25, 0.3) is 22.1 Å². The summed E-state index contributed by atoms with van der Waals surface area (Å²) < 4.78 is 9.00. The third-order valence-electron chi connectivity index (χ3n) is 8.58. The van der Waals surface area contributed by atoms with E-state index in [1.807, 2.05) is 12.2 Å². The largest absolute Gasteiger partial charge is 0.506 e. The Balaban J connectivity index is 1.34. The minimum Gasteiger partial charge on any atom is -0.506 e. The molecule has 4 amide bonds. The van der Waals surface area contributed by atoms with Gasteiger partial charge in [0.1, 0.15) is 22.5 Å². The first-order valence-corrected chi connectivity index (χ1v) is 14.8. The molecule has 2 fully saturated rings. The molecule has 7 N–H and O–H groups in total. The molecule has 0 saturated heterocycles. The number of hydrogen-bond donors (Lipinski definition) is 5. The standard InChI is InChI=1S/C31H34N8O6/c1-45-23-15-19(27(33)42)13-21-25(23)39(31(35-21)37-29(44)17-8-5-9-17)11-3-2-10-38-24-20(12-18(26(32)41)14-22(24)40)34-30(38)36-28(43)16-6-4-7-16/h2-3,12-17,40H,4-11H2,1H3,(H2,32,41)(H2,33,42)(H,34,36,43)(H,35,37,44)/b3-2+. The number of phenols is 1. The molecule has 2 aliphatic rings. The van der Waals surface area contributed by atoms with Crippen LogP contribution in [-0.4, -0.2) is 54.9 Å². The highest BCUT2D eigenvalue weighted by atomic mass is 16.5. The number of ether oxygens (including phenoxy) is 1. The summed E-state index contributed by atoms with van der Waals surface area (Å²) in [5.41, 5.74) is 12.9. The van der Waals surface area contributed by atoms with Crippen molar-refractivity contribution in [2.75, 3.05) is 17.7 Å². The Morgan fingerprint density at radius 3 is 1.73 bits per heavy atom. The average molecular weight is 615 g/mol. The van der Waals surface area contributed by atoms with E-state index in [0.717, 1.165) is 38.5 Å². The lowest BCUT2D eigenvalue weighted by atomic mass is 9.85. The van der Waals surface area contributed by atoms with Gasteiger partial charge in [-0.2, -0.15) is 0 Å². The lowest BCUT2D eigenvalue weighted by Crippen LogP contribution is -2.29. The van der Waals surface area contributed by atoms with Crippen LogP contribution < -0.4 is 26.8 Å². The number of phenolic OH excluding ortho intramolecular Hbond substituents is 1. The summed E-state index contributed by atoms with van der Waals surface area (Å²) in [6.07, 6.45) is 8.85. The molecule has 0 spiro atoms. The molecule has 0 aliphatic heterocycles. The summed E-state index contributed by atoms with van der Waals surface area (Å²) in [5, 5.41) is 16.6. The number of methoxy groups -OCH3 is 1. The summed E-state index contributed by atoms with van der Waals surface area (Å²) in [6, 6.07) is 5.82. The minimum absolute atomic E-state index is 0.0808. The molecule has 2 heterocycles. The lowest BCUT2D eigenvalue weighted by molar-refractivity contribution is -0.122. The van der Waals surface area contributed by atoms with Crippen LogP contribution in [0.5, 0.6) is 11.5 Å². The number of carbonyl (C=O) groups excluding carboxylic acids is 4. The van der Waals surface area contributed by atoms with E-state index >= 15 is 0 Å². The maximum Gasteiger partial charge on any atom is 0.248 e. The molecule has 14 heteroatoms. The normalized spacial score (nSPS) is 15.2. The molecule has 0 bridgehead atoms. The Morgan fingerprint density at radius 2 is 1.29 bits per heavy atom. The third kappa shape index (κ3) is 5.66. The Morgan fingerprint density at radius 1 is 0.822 bits per heavy atom. The van der Waals surface area contributed by atoms with Gasteiger partial charge in [-0.25, -0.2) is 9.97 Å². The highest BCUT2D eigenvalue weighted by Crippen LogP contribution is 2.34. The molecule has 2 saturated carbocycles. The fourth-order valence-electron chi connectivity index (χ4n) is 5.59. The lowest BCUT2D eigenvalue weighted by Gasteiger charge is -2.24. The Kier molecular flexibility index (Phi) is 7.87. The number of primary amides is 2. The Bertz CT molecular complexity index is 1880. The molecule has 234 valence electrons. The van der Waals surface area contributed by atoms with Crippen molar-refractivity contribution in [3.8, 4) is 11.5 Å². The number of aromatic nitrogens is 4. The average Bonchev–Trinajstić information content (AvgIpc) is 3.45. The van der Waals surface area contributed by atoms with E-state index in [0.29, 0.717) is 33.8 Å².